The maximum absolute atomic E-state index is 14.3. The fourth-order valence-electron chi connectivity index (χ4n) is 5.68. The van der Waals surface area contributed by atoms with Gasteiger partial charge >= 0.3 is 6.09 Å². The Morgan fingerprint density at radius 1 is 1.07 bits per heavy atom. The van der Waals surface area contributed by atoms with E-state index in [4.69, 9.17) is 4.74 Å². The normalized spacial score (nSPS) is 28.4. The van der Waals surface area contributed by atoms with Crippen LogP contribution in [0.3, 0.4) is 0 Å². The molecule has 1 amide bonds. The molecule has 1 saturated carbocycles. The molecule has 4 rings (SSSR count). The quantitative estimate of drug-likeness (QED) is 0.631. The number of piperidine rings is 1. The number of hydrogen-bond donors (Lipinski definition) is 0. The Hall–Kier alpha value is -1.14. The molecule has 2 aliphatic heterocycles. The number of ether oxygens (including phenoxy) is 1. The maximum Gasteiger partial charge on any atom is 0.410 e. The minimum absolute atomic E-state index is 0. The van der Waals surface area contributed by atoms with Crippen LogP contribution in [-0.2, 0) is 11.3 Å². The summed E-state index contributed by atoms with van der Waals surface area (Å²) in [4.78, 5) is 15.0. The first-order chi connectivity index (χ1) is 13.4. The van der Waals surface area contributed by atoms with Crippen LogP contribution in [0.4, 0.5) is 9.18 Å². The van der Waals surface area contributed by atoms with Gasteiger partial charge in [-0.2, -0.15) is 0 Å². The van der Waals surface area contributed by atoms with E-state index in [9.17, 15) is 9.18 Å². The monoisotopic (exact) mass is 468 g/mol. The van der Waals surface area contributed by atoms with Crippen LogP contribution in [0.1, 0.15) is 63.4 Å². The molecule has 1 aliphatic carbocycles. The Kier molecular flexibility index (Phi) is 7.26. The highest BCUT2D eigenvalue weighted by Gasteiger charge is 2.50. The highest BCUT2D eigenvalue weighted by atomic mass is 79.9. The van der Waals surface area contributed by atoms with Crippen molar-refractivity contribution in [1.82, 2.24) is 4.90 Å². The summed E-state index contributed by atoms with van der Waals surface area (Å²) in [6, 6.07) is 8.12. The highest BCUT2D eigenvalue weighted by molar-refractivity contribution is 5.68. The van der Waals surface area contributed by atoms with Gasteiger partial charge in [-0.25, -0.2) is 9.18 Å². The lowest BCUT2D eigenvalue weighted by molar-refractivity contribution is -0.931. The van der Waals surface area contributed by atoms with E-state index in [1.807, 2.05) is 11.0 Å². The Balaban J connectivity index is 0.00000240. The van der Waals surface area contributed by atoms with E-state index in [1.165, 1.54) is 25.3 Å². The van der Waals surface area contributed by atoms with Crippen molar-refractivity contribution in [3.05, 3.63) is 35.6 Å². The van der Waals surface area contributed by atoms with E-state index in [2.05, 4.69) is 14.1 Å². The van der Waals surface area contributed by atoms with Crippen molar-refractivity contribution >= 4 is 6.09 Å². The number of fused-ring (bicyclic) bond motifs is 2. The fourth-order valence-corrected chi connectivity index (χ4v) is 5.68. The standard InChI is InChI=1S/C23H34FN2O2.BrH/c1-26(2)19-12-13-20(26)15-21(14-19)28-23(27)25(18-9-4-3-5-10-18)16-17-8-6-7-11-22(17)24;/h6-8,11,18-21H,3-5,9-10,12-16H2,1-2H3;1H/q+1;/p-1. The molecular weight excluding hydrogens is 435 g/mol. The minimum Gasteiger partial charge on any atom is -1.00 e. The Morgan fingerprint density at radius 2 is 1.69 bits per heavy atom. The fraction of sp³-hybridized carbons (Fsp3) is 0.696. The van der Waals surface area contributed by atoms with Crippen molar-refractivity contribution in [1.29, 1.82) is 0 Å². The van der Waals surface area contributed by atoms with Gasteiger partial charge in [-0.15, -0.1) is 0 Å². The van der Waals surface area contributed by atoms with Crippen molar-refractivity contribution in [2.45, 2.75) is 88.6 Å². The van der Waals surface area contributed by atoms with Gasteiger partial charge in [0.15, 0.2) is 0 Å². The zero-order chi connectivity index (χ0) is 19.7. The van der Waals surface area contributed by atoms with Gasteiger partial charge in [-0.3, -0.25) is 0 Å². The summed E-state index contributed by atoms with van der Waals surface area (Å²) in [6.07, 6.45) is 9.58. The van der Waals surface area contributed by atoms with Gasteiger partial charge in [-0.05, 0) is 18.9 Å². The second-order valence-corrected chi connectivity index (χ2v) is 9.50. The molecule has 2 bridgehead atoms. The lowest BCUT2D eigenvalue weighted by atomic mass is 9.94. The average Bonchev–Trinajstić information content (AvgIpc) is 2.85. The first-order valence-corrected chi connectivity index (χ1v) is 11.0. The van der Waals surface area contributed by atoms with Crippen LogP contribution in [0.15, 0.2) is 24.3 Å². The molecule has 0 spiro atoms. The van der Waals surface area contributed by atoms with Crippen molar-refractivity contribution in [2.24, 2.45) is 0 Å². The minimum atomic E-state index is -0.245. The number of carbonyl (C=O) groups is 1. The predicted octanol–water partition coefficient (Wildman–Crippen LogP) is 1.87. The molecule has 0 N–H and O–H groups in total. The molecule has 4 nitrogen and oxygen atoms in total. The smallest absolute Gasteiger partial charge is 0.410 e. The largest absolute Gasteiger partial charge is 1.00 e. The number of benzene rings is 1. The molecule has 162 valence electrons. The second-order valence-electron chi connectivity index (χ2n) is 9.50. The van der Waals surface area contributed by atoms with Crippen LogP contribution >= 0.6 is 0 Å². The number of carbonyl (C=O) groups excluding carboxylic acids is 1. The molecule has 3 fully saturated rings. The van der Waals surface area contributed by atoms with Gasteiger partial charge in [0.25, 0.3) is 0 Å². The summed E-state index contributed by atoms with van der Waals surface area (Å²) in [6.45, 7) is 0.303. The van der Waals surface area contributed by atoms with Crippen molar-refractivity contribution < 1.29 is 35.4 Å². The first kappa shape index (κ1) is 22.5. The Bertz CT molecular complexity index is 692. The molecule has 0 radical (unpaired) electrons. The molecule has 3 aliphatic rings. The number of quaternary nitrogens is 1. The zero-order valence-corrected chi connectivity index (χ0v) is 19.2. The zero-order valence-electron chi connectivity index (χ0n) is 17.7. The van der Waals surface area contributed by atoms with Crippen LogP contribution < -0.4 is 17.0 Å². The molecule has 0 aromatic heterocycles. The van der Waals surface area contributed by atoms with Crippen LogP contribution in [0.5, 0.6) is 0 Å². The Labute approximate surface area is 184 Å². The number of halogens is 2. The molecule has 6 heteroatoms. The van der Waals surface area contributed by atoms with Gasteiger partial charge in [0.05, 0.1) is 32.7 Å². The van der Waals surface area contributed by atoms with Crippen LogP contribution in [0.2, 0.25) is 0 Å². The Morgan fingerprint density at radius 3 is 2.31 bits per heavy atom. The summed E-state index contributed by atoms with van der Waals surface area (Å²) >= 11 is 0. The third kappa shape index (κ3) is 4.79. The van der Waals surface area contributed by atoms with Crippen molar-refractivity contribution in [2.75, 3.05) is 14.1 Å². The lowest BCUT2D eigenvalue weighted by Gasteiger charge is -2.44. The summed E-state index contributed by atoms with van der Waals surface area (Å²) in [7, 11) is 4.62. The molecule has 29 heavy (non-hydrogen) atoms. The van der Waals surface area contributed by atoms with E-state index in [0.29, 0.717) is 24.2 Å². The van der Waals surface area contributed by atoms with E-state index in [-0.39, 0.29) is 41.0 Å². The molecule has 2 saturated heterocycles. The first-order valence-electron chi connectivity index (χ1n) is 11.0. The predicted molar refractivity (Wildman–Crippen MR) is 107 cm³/mol. The van der Waals surface area contributed by atoms with Crippen molar-refractivity contribution in [3.8, 4) is 0 Å². The molecular formula is C23H34BrFN2O2. The highest BCUT2D eigenvalue weighted by Crippen LogP contribution is 2.40. The number of rotatable bonds is 4. The summed E-state index contributed by atoms with van der Waals surface area (Å²) in [5.41, 5.74) is 0.575. The number of amides is 1. The van der Waals surface area contributed by atoms with E-state index < -0.39 is 0 Å². The molecule has 2 atom stereocenters. The topological polar surface area (TPSA) is 29.5 Å². The molecule has 2 unspecified atom stereocenters. The maximum atomic E-state index is 14.3. The van der Waals surface area contributed by atoms with Gasteiger partial charge in [0.2, 0.25) is 0 Å². The average molecular weight is 469 g/mol. The van der Waals surface area contributed by atoms with Crippen LogP contribution in [0, 0.1) is 5.82 Å². The van der Waals surface area contributed by atoms with E-state index >= 15 is 0 Å². The summed E-state index contributed by atoms with van der Waals surface area (Å²) in [5, 5.41) is 0. The van der Waals surface area contributed by atoms with Gasteiger partial charge in [0, 0.05) is 37.3 Å². The van der Waals surface area contributed by atoms with Gasteiger partial charge < -0.3 is 31.1 Å². The third-order valence-corrected chi connectivity index (χ3v) is 7.60. The SMILES string of the molecule is C[N+]1(C)C2CCC1CC(OC(=O)N(Cc1ccccc1F)C1CCCCC1)C2.[Br-]. The molecule has 1 aromatic rings. The van der Waals surface area contributed by atoms with E-state index in [0.717, 1.165) is 43.0 Å². The third-order valence-electron chi connectivity index (χ3n) is 7.60. The lowest BCUT2D eigenvalue weighted by Crippen LogP contribution is -3.00. The molecule has 2 heterocycles. The molecule has 1 aromatic carbocycles. The summed E-state index contributed by atoms with van der Waals surface area (Å²) in [5.74, 6) is -0.245. The van der Waals surface area contributed by atoms with Crippen molar-refractivity contribution in [3.63, 3.8) is 0 Å². The number of nitrogens with zero attached hydrogens (tertiary/aromatic N) is 2. The summed E-state index contributed by atoms with van der Waals surface area (Å²) < 4.78 is 21.4. The van der Waals surface area contributed by atoms with Crippen LogP contribution in [0.25, 0.3) is 0 Å². The van der Waals surface area contributed by atoms with Gasteiger partial charge in [-0.1, -0.05) is 37.5 Å². The van der Waals surface area contributed by atoms with Crippen LogP contribution in [-0.4, -0.2) is 53.8 Å². The second kappa shape index (κ2) is 9.34. The number of hydrogen-bond acceptors (Lipinski definition) is 2. The van der Waals surface area contributed by atoms with E-state index in [1.54, 1.807) is 12.1 Å². The van der Waals surface area contributed by atoms with Gasteiger partial charge in [0.1, 0.15) is 11.9 Å².